The van der Waals surface area contributed by atoms with Gasteiger partial charge >= 0.3 is 21.3 Å². The van der Waals surface area contributed by atoms with E-state index in [1.807, 2.05) is 4.98 Å². The van der Waals surface area contributed by atoms with Gasteiger partial charge in [-0.3, -0.25) is 23.4 Å². The van der Waals surface area contributed by atoms with Crippen molar-refractivity contribution in [1.82, 2.24) is 9.55 Å². The van der Waals surface area contributed by atoms with Crippen LogP contribution in [0.3, 0.4) is 0 Å². The van der Waals surface area contributed by atoms with E-state index in [-0.39, 0.29) is 0 Å². The molecule has 0 spiro atoms. The number of aromatic nitrogens is 2. The molecule has 0 aliphatic carbocycles. The molecule has 1 aromatic heterocycles. The van der Waals surface area contributed by atoms with Gasteiger partial charge in [-0.2, -0.15) is 4.31 Å². The summed E-state index contributed by atoms with van der Waals surface area (Å²) in [6.07, 6.45) is -12.2. The number of phosphoric acid groups is 2. The topological polar surface area (TPSA) is 277 Å². The molecule has 0 aromatic carbocycles. The van der Waals surface area contributed by atoms with Crippen molar-refractivity contribution >= 4 is 15.6 Å². The van der Waals surface area contributed by atoms with Crippen LogP contribution in [0, 0.1) is 0 Å². The van der Waals surface area contributed by atoms with Crippen LogP contribution in [0.1, 0.15) is 6.23 Å². The predicted octanol–water partition coefficient (Wildman–Crippen LogP) is -4.15. The highest BCUT2D eigenvalue weighted by molar-refractivity contribution is 7.61. The van der Waals surface area contributed by atoms with Gasteiger partial charge in [-0.1, -0.05) is 0 Å². The standard InChI is InChI=1S/C14H22N2O16P2/c17-7-1-2-16(14(23)15-7)12-10(20)8(18)5(30-12)3-28-33(24,25)32-34(26,27)29-4-6-9(19)11(21)13(22)31-6/h1-2,5-6,8-13,18-22H,3-4H2,(H,24,25)(H,26,27)(H,15,17,23)/t5-,6-,8-,9-,10-,11-,12-,13+/m1/s1. The third kappa shape index (κ3) is 6.26. The molecule has 2 fully saturated rings. The van der Waals surface area contributed by atoms with Crippen LogP contribution < -0.4 is 11.2 Å². The lowest BCUT2D eigenvalue weighted by molar-refractivity contribution is -0.132. The largest absolute Gasteiger partial charge is 0.481 e. The highest BCUT2D eigenvalue weighted by Gasteiger charge is 2.47. The molecule has 20 heteroatoms. The lowest BCUT2D eigenvalue weighted by Gasteiger charge is -2.20. The Labute approximate surface area is 188 Å². The van der Waals surface area contributed by atoms with E-state index in [0.29, 0.717) is 0 Å². The summed E-state index contributed by atoms with van der Waals surface area (Å²) in [5.41, 5.74) is -1.71. The maximum atomic E-state index is 12.0. The number of aromatic amines is 1. The normalized spacial score (nSPS) is 37.4. The summed E-state index contributed by atoms with van der Waals surface area (Å²) >= 11 is 0. The van der Waals surface area contributed by atoms with Crippen molar-refractivity contribution in [3.05, 3.63) is 33.1 Å². The van der Waals surface area contributed by atoms with Crippen LogP contribution >= 0.6 is 15.6 Å². The predicted molar refractivity (Wildman–Crippen MR) is 103 cm³/mol. The molecule has 8 N–H and O–H groups in total. The average molecular weight is 536 g/mol. The van der Waals surface area contributed by atoms with Crippen LogP contribution in [-0.2, 0) is 32.0 Å². The summed E-state index contributed by atoms with van der Waals surface area (Å²) in [6.45, 7) is -1.90. The second-order valence-corrected chi connectivity index (χ2v) is 10.3. The summed E-state index contributed by atoms with van der Waals surface area (Å²) in [7, 11) is -10.7. The highest BCUT2D eigenvalue weighted by Crippen LogP contribution is 2.60. The first-order valence-electron chi connectivity index (χ1n) is 9.39. The number of aliphatic hydroxyl groups excluding tert-OH is 5. The van der Waals surface area contributed by atoms with E-state index in [2.05, 4.69) is 18.1 Å². The van der Waals surface area contributed by atoms with Gasteiger partial charge in [0.05, 0.1) is 13.2 Å². The van der Waals surface area contributed by atoms with E-state index >= 15 is 0 Å². The fourth-order valence-corrected chi connectivity index (χ4v) is 5.19. The Morgan fingerprint density at radius 1 is 0.882 bits per heavy atom. The second kappa shape index (κ2) is 10.3. The van der Waals surface area contributed by atoms with Crippen LogP contribution in [-0.4, -0.2) is 101 Å². The molecule has 34 heavy (non-hydrogen) atoms. The van der Waals surface area contributed by atoms with Crippen molar-refractivity contribution in [3.63, 3.8) is 0 Å². The number of nitrogens with zero attached hydrogens (tertiary/aromatic N) is 1. The van der Waals surface area contributed by atoms with Gasteiger partial charge in [-0.15, -0.1) is 0 Å². The molecule has 2 aliphatic heterocycles. The fraction of sp³-hybridized carbons (Fsp3) is 0.714. The Morgan fingerprint density at radius 3 is 1.91 bits per heavy atom. The SMILES string of the molecule is O=c1ccn([C@@H]2O[C@H](COP(=O)(O)OP(=O)(O)OC[C@H]3O[C@H](O)[C@H](O)[C@@H]3O)[C@@H](O)[C@H]2O)c(=O)[nH]1. The molecule has 2 aliphatic rings. The molecule has 2 saturated heterocycles. The molecule has 3 heterocycles. The van der Waals surface area contributed by atoms with Crippen LogP contribution in [0.4, 0.5) is 0 Å². The molecular formula is C14H22N2O16P2. The minimum atomic E-state index is -5.35. The molecule has 18 nitrogen and oxygen atoms in total. The van der Waals surface area contributed by atoms with Crippen molar-refractivity contribution in [1.29, 1.82) is 0 Å². The molecule has 2 unspecified atom stereocenters. The van der Waals surface area contributed by atoms with E-state index < -0.39 is 89.2 Å². The minimum Gasteiger partial charge on any atom is -0.387 e. The molecule has 0 saturated carbocycles. The number of nitrogens with one attached hydrogen (secondary N) is 1. The monoisotopic (exact) mass is 536 g/mol. The number of phosphoric ester groups is 2. The summed E-state index contributed by atoms with van der Waals surface area (Å²) in [5, 5.41) is 48.4. The van der Waals surface area contributed by atoms with Crippen LogP contribution in [0.2, 0.25) is 0 Å². The van der Waals surface area contributed by atoms with Gasteiger partial charge in [0.1, 0.15) is 36.6 Å². The zero-order valence-electron chi connectivity index (χ0n) is 16.8. The maximum absolute atomic E-state index is 12.0. The van der Waals surface area contributed by atoms with Crippen molar-refractivity contribution in [2.75, 3.05) is 13.2 Å². The van der Waals surface area contributed by atoms with Crippen molar-refractivity contribution in [2.45, 2.75) is 49.1 Å². The van der Waals surface area contributed by atoms with Gasteiger partial charge in [0.15, 0.2) is 12.5 Å². The first-order valence-corrected chi connectivity index (χ1v) is 12.4. The summed E-state index contributed by atoms with van der Waals surface area (Å²) in [6, 6.07) is 0.944. The zero-order chi connectivity index (χ0) is 25.4. The number of rotatable bonds is 9. The van der Waals surface area contributed by atoms with Crippen molar-refractivity contribution in [3.8, 4) is 0 Å². The van der Waals surface area contributed by atoms with Crippen molar-refractivity contribution < 1.29 is 67.3 Å². The van der Waals surface area contributed by atoms with E-state index in [1.165, 1.54) is 0 Å². The molecule has 3 rings (SSSR count). The van der Waals surface area contributed by atoms with Gasteiger partial charge in [0.2, 0.25) is 0 Å². The molecule has 0 radical (unpaired) electrons. The van der Waals surface area contributed by atoms with Gasteiger partial charge in [-0.25, -0.2) is 13.9 Å². The van der Waals surface area contributed by atoms with E-state index in [4.69, 9.17) is 4.74 Å². The number of H-pyrrole nitrogens is 1. The quantitative estimate of drug-likeness (QED) is 0.139. The smallest absolute Gasteiger partial charge is 0.387 e. The Balaban J connectivity index is 1.55. The third-order valence-corrected chi connectivity index (χ3v) is 7.41. The molecule has 0 bridgehead atoms. The molecule has 0 amide bonds. The number of hydrogen-bond donors (Lipinski definition) is 8. The fourth-order valence-electron chi connectivity index (χ4n) is 3.10. The second-order valence-electron chi connectivity index (χ2n) is 7.22. The molecular weight excluding hydrogens is 514 g/mol. The lowest BCUT2D eigenvalue weighted by atomic mass is 10.1. The highest BCUT2D eigenvalue weighted by atomic mass is 31.3. The minimum absolute atomic E-state index is 0.732. The van der Waals surface area contributed by atoms with Crippen LogP contribution in [0.5, 0.6) is 0 Å². The van der Waals surface area contributed by atoms with Gasteiger partial charge in [0.25, 0.3) is 5.56 Å². The number of aliphatic hydroxyl groups is 5. The third-order valence-electron chi connectivity index (χ3n) is 4.81. The van der Waals surface area contributed by atoms with Crippen LogP contribution in [0.15, 0.2) is 21.9 Å². The summed E-state index contributed by atoms with van der Waals surface area (Å²) in [4.78, 5) is 44.2. The molecule has 194 valence electrons. The first-order chi connectivity index (χ1) is 15.7. The van der Waals surface area contributed by atoms with E-state index in [9.17, 15) is 54.0 Å². The molecule has 10 atom stereocenters. The van der Waals surface area contributed by atoms with E-state index in [1.54, 1.807) is 0 Å². The zero-order valence-corrected chi connectivity index (χ0v) is 18.6. The van der Waals surface area contributed by atoms with Crippen molar-refractivity contribution in [2.24, 2.45) is 0 Å². The van der Waals surface area contributed by atoms with Gasteiger partial charge < -0.3 is 44.8 Å². The van der Waals surface area contributed by atoms with Crippen LogP contribution in [0.25, 0.3) is 0 Å². The van der Waals surface area contributed by atoms with Gasteiger partial charge in [0, 0.05) is 12.3 Å². The Hall–Kier alpha value is -1.34. The number of hydrogen-bond acceptors (Lipinski definition) is 14. The average Bonchev–Trinajstić information content (AvgIpc) is 3.15. The Kier molecular flexibility index (Phi) is 8.28. The number of ether oxygens (including phenoxy) is 2. The maximum Gasteiger partial charge on any atom is 0.481 e. The van der Waals surface area contributed by atoms with Gasteiger partial charge in [-0.05, 0) is 0 Å². The van der Waals surface area contributed by atoms with E-state index in [0.717, 1.165) is 16.8 Å². The Bertz CT molecular complexity index is 1080. The first kappa shape index (κ1) is 27.3. The summed E-state index contributed by atoms with van der Waals surface area (Å²) in [5.74, 6) is 0. The molecule has 1 aromatic rings. The Morgan fingerprint density at radius 2 is 1.41 bits per heavy atom. The summed E-state index contributed by atoms with van der Waals surface area (Å²) < 4.78 is 47.6. The lowest BCUT2D eigenvalue weighted by Crippen LogP contribution is -2.37.